The summed E-state index contributed by atoms with van der Waals surface area (Å²) < 4.78 is 25.6. The summed E-state index contributed by atoms with van der Waals surface area (Å²) >= 11 is 1.36. The van der Waals surface area contributed by atoms with Crippen LogP contribution < -0.4 is 21.2 Å². The number of benzene rings is 1. The summed E-state index contributed by atoms with van der Waals surface area (Å²) in [4.78, 5) is 12.4. The first kappa shape index (κ1) is 16.7. The van der Waals surface area contributed by atoms with Gasteiger partial charge in [0.1, 0.15) is 4.90 Å². The maximum Gasteiger partial charge on any atom is 0.353 e. The van der Waals surface area contributed by atoms with Gasteiger partial charge in [-0.1, -0.05) is 6.07 Å². The van der Waals surface area contributed by atoms with Crippen molar-refractivity contribution in [3.8, 4) is 0 Å². The molecular weight excluding hydrogens is 336 g/mol. The van der Waals surface area contributed by atoms with E-state index in [2.05, 4.69) is 5.32 Å². The molecule has 0 aliphatic heterocycles. The van der Waals surface area contributed by atoms with E-state index < -0.39 is 16.0 Å². The van der Waals surface area contributed by atoms with Gasteiger partial charge >= 0.3 is 16.0 Å². The minimum atomic E-state index is -3.78. The predicted octanol–water partition coefficient (Wildman–Crippen LogP) is -0.401. The van der Waals surface area contributed by atoms with Crippen LogP contribution in [0.15, 0.2) is 58.9 Å². The molecule has 7 nitrogen and oxygen atoms in total. The third kappa shape index (κ3) is 4.66. The van der Waals surface area contributed by atoms with Crippen molar-refractivity contribution in [3.63, 3.8) is 0 Å². The first-order chi connectivity index (χ1) is 10.9. The first-order valence-electron chi connectivity index (χ1n) is 6.40. The second kappa shape index (κ2) is 7.07. The Balaban J connectivity index is 2.03. The van der Waals surface area contributed by atoms with Crippen LogP contribution in [0, 0.1) is 0 Å². The topological polar surface area (TPSA) is 129 Å². The van der Waals surface area contributed by atoms with E-state index >= 15 is 0 Å². The van der Waals surface area contributed by atoms with Crippen molar-refractivity contribution in [2.75, 3.05) is 5.32 Å². The number of ketones is 1. The molecule has 0 atom stereocenters. The van der Waals surface area contributed by atoms with Gasteiger partial charge in [0.05, 0.1) is 4.88 Å². The number of anilines is 1. The van der Waals surface area contributed by atoms with Crippen molar-refractivity contribution in [3.05, 3.63) is 58.9 Å². The molecule has 1 aromatic carbocycles. The van der Waals surface area contributed by atoms with E-state index in [1.165, 1.54) is 35.7 Å². The molecule has 0 bridgehead atoms. The van der Waals surface area contributed by atoms with Crippen molar-refractivity contribution >= 4 is 38.8 Å². The zero-order chi connectivity index (χ0) is 16.9. The number of sulfonamides is 1. The monoisotopic (exact) mass is 351 g/mol. The Labute approximate surface area is 137 Å². The van der Waals surface area contributed by atoms with Gasteiger partial charge in [0, 0.05) is 18.0 Å². The second-order valence-corrected chi connectivity index (χ2v) is 7.03. The fourth-order valence-corrected chi connectivity index (χ4v) is 3.23. The van der Waals surface area contributed by atoms with Crippen LogP contribution in [0.1, 0.15) is 9.67 Å². The van der Waals surface area contributed by atoms with Crippen LogP contribution in [0.5, 0.6) is 0 Å². The second-order valence-electron chi connectivity index (χ2n) is 4.40. The molecule has 2 aromatic rings. The van der Waals surface area contributed by atoms with Crippen LogP contribution in [0.25, 0.3) is 0 Å². The number of rotatable bonds is 6. The minimum absolute atomic E-state index is 0.0232. The van der Waals surface area contributed by atoms with Gasteiger partial charge < -0.3 is 5.32 Å². The maximum atomic E-state index is 11.8. The van der Waals surface area contributed by atoms with Gasteiger partial charge in [0.15, 0.2) is 5.78 Å². The van der Waals surface area contributed by atoms with Crippen molar-refractivity contribution in [2.45, 2.75) is 4.90 Å². The summed E-state index contributed by atoms with van der Waals surface area (Å²) in [6.45, 7) is 0. The molecule has 6 N–H and O–H groups in total. The SMILES string of the molecule is NC(N)=[NH+]S(=O)(=O)c1ccc(N/C=C\C(=O)c2cccs2)cc1. The van der Waals surface area contributed by atoms with Crippen LogP contribution in [0.3, 0.4) is 0 Å². The number of nitrogens with two attached hydrogens (primary N) is 2. The Morgan fingerprint density at radius 3 is 2.43 bits per heavy atom. The highest BCUT2D eigenvalue weighted by atomic mass is 32.2. The molecule has 0 fully saturated rings. The summed E-state index contributed by atoms with van der Waals surface area (Å²) in [6.07, 6.45) is 2.90. The number of carbonyl (C=O) groups excluding carboxylic acids is 1. The smallest absolute Gasteiger partial charge is 0.353 e. The Bertz CT molecular complexity index is 835. The Hall–Kier alpha value is -2.65. The van der Waals surface area contributed by atoms with Crippen molar-refractivity contribution in [1.82, 2.24) is 0 Å². The normalized spacial score (nSPS) is 11.3. The van der Waals surface area contributed by atoms with Gasteiger partial charge in [-0.15, -0.1) is 11.3 Å². The van der Waals surface area contributed by atoms with Gasteiger partial charge in [-0.3, -0.25) is 16.3 Å². The lowest BCUT2D eigenvalue weighted by atomic mass is 10.3. The van der Waals surface area contributed by atoms with Gasteiger partial charge in [0.2, 0.25) is 0 Å². The molecule has 2 rings (SSSR count). The average Bonchev–Trinajstić information content (AvgIpc) is 3.00. The van der Waals surface area contributed by atoms with Crippen LogP contribution >= 0.6 is 11.3 Å². The number of thiophene rings is 1. The molecule has 0 aliphatic carbocycles. The Morgan fingerprint density at radius 1 is 1.17 bits per heavy atom. The van der Waals surface area contributed by atoms with Crippen molar-refractivity contribution in [2.24, 2.45) is 11.5 Å². The molecular formula is C14H15N4O3S2+. The van der Waals surface area contributed by atoms with Gasteiger partial charge in [-0.2, -0.15) is 12.8 Å². The van der Waals surface area contributed by atoms with E-state index in [-0.39, 0.29) is 10.7 Å². The molecule has 0 radical (unpaired) electrons. The zero-order valence-electron chi connectivity index (χ0n) is 11.9. The van der Waals surface area contributed by atoms with E-state index in [4.69, 9.17) is 11.5 Å². The summed E-state index contributed by atoms with van der Waals surface area (Å²) in [5, 5.41) is 4.72. The van der Waals surface area contributed by atoms with Crippen LogP contribution in [0.4, 0.5) is 5.69 Å². The van der Waals surface area contributed by atoms with Gasteiger partial charge in [-0.25, -0.2) is 0 Å². The van der Waals surface area contributed by atoms with E-state index in [9.17, 15) is 13.2 Å². The summed E-state index contributed by atoms with van der Waals surface area (Å²) in [5.41, 5.74) is 10.9. The summed E-state index contributed by atoms with van der Waals surface area (Å²) in [5.74, 6) is -0.507. The Kier molecular flexibility index (Phi) is 5.14. The highest BCUT2D eigenvalue weighted by Crippen LogP contribution is 2.13. The van der Waals surface area contributed by atoms with Gasteiger partial charge in [-0.05, 0) is 35.7 Å². The lowest BCUT2D eigenvalue weighted by molar-refractivity contribution is -0.270. The number of carbonyl (C=O) groups is 1. The van der Waals surface area contributed by atoms with E-state index in [0.717, 1.165) is 0 Å². The molecule has 23 heavy (non-hydrogen) atoms. The number of nitrogens with one attached hydrogen (secondary N) is 2. The standard InChI is InChI=1S/C14H14N4O3S2/c15-14(16)18-23(20,21)11-5-3-10(4-6-11)17-8-7-12(19)13-2-1-9-22-13/h1-9,17H,(H4,15,16,18)/p+1/b8-7-. The predicted molar refractivity (Wildman–Crippen MR) is 89.4 cm³/mol. The fraction of sp³-hybridized carbons (Fsp3) is 0. The Morgan fingerprint density at radius 2 is 1.87 bits per heavy atom. The van der Waals surface area contributed by atoms with Crippen molar-refractivity contribution < 1.29 is 17.6 Å². The summed E-state index contributed by atoms with van der Waals surface area (Å²) in [7, 11) is -3.78. The fourth-order valence-electron chi connectivity index (χ4n) is 1.66. The minimum Gasteiger partial charge on any atom is -0.362 e. The third-order valence-corrected chi connectivity index (χ3v) is 4.95. The van der Waals surface area contributed by atoms with Gasteiger partial charge in [0.25, 0.3) is 0 Å². The van der Waals surface area contributed by atoms with E-state index in [1.54, 1.807) is 24.3 Å². The number of guanidine groups is 1. The highest BCUT2D eigenvalue weighted by Gasteiger charge is 2.14. The lowest BCUT2D eigenvalue weighted by Crippen LogP contribution is -2.80. The molecule has 0 aliphatic rings. The van der Waals surface area contributed by atoms with Crippen LogP contribution in [-0.2, 0) is 10.0 Å². The molecule has 1 heterocycles. The first-order valence-corrected chi connectivity index (χ1v) is 8.76. The van der Waals surface area contributed by atoms with E-state index in [1.807, 2.05) is 9.78 Å². The molecule has 9 heteroatoms. The molecule has 1 aromatic heterocycles. The number of hydrogen-bond donors (Lipinski definition) is 4. The molecule has 120 valence electrons. The molecule has 0 amide bonds. The lowest BCUT2D eigenvalue weighted by Gasteiger charge is -2.02. The van der Waals surface area contributed by atoms with Crippen LogP contribution in [0.2, 0.25) is 0 Å². The quantitative estimate of drug-likeness (QED) is 0.242. The van der Waals surface area contributed by atoms with Crippen molar-refractivity contribution in [1.29, 1.82) is 0 Å². The molecule has 0 saturated heterocycles. The highest BCUT2D eigenvalue weighted by molar-refractivity contribution is 7.84. The largest absolute Gasteiger partial charge is 0.362 e. The zero-order valence-corrected chi connectivity index (χ0v) is 13.5. The van der Waals surface area contributed by atoms with Crippen LogP contribution in [-0.4, -0.2) is 20.2 Å². The number of hydrogen-bond acceptors (Lipinski definition) is 5. The third-order valence-electron chi connectivity index (χ3n) is 2.67. The molecule has 0 spiro atoms. The molecule has 0 saturated carbocycles. The summed E-state index contributed by atoms with van der Waals surface area (Å²) in [6, 6.07) is 9.44. The van der Waals surface area contributed by atoms with E-state index in [0.29, 0.717) is 10.6 Å². The number of allylic oxidation sites excluding steroid dienone is 1. The average molecular weight is 351 g/mol. The molecule has 0 unspecified atom stereocenters. The maximum absolute atomic E-state index is 11.8.